The summed E-state index contributed by atoms with van der Waals surface area (Å²) in [4.78, 5) is 24.8. The van der Waals surface area contributed by atoms with Crippen molar-refractivity contribution in [2.75, 3.05) is 18.4 Å². The van der Waals surface area contributed by atoms with Gasteiger partial charge in [0.15, 0.2) is 11.6 Å². The van der Waals surface area contributed by atoms with Gasteiger partial charge in [0.2, 0.25) is 0 Å². The van der Waals surface area contributed by atoms with E-state index in [9.17, 15) is 22.8 Å². The van der Waals surface area contributed by atoms with Crippen molar-refractivity contribution >= 4 is 17.7 Å². The average molecular weight is 371 g/mol. The van der Waals surface area contributed by atoms with Crippen LogP contribution < -0.4 is 10.6 Å². The van der Waals surface area contributed by atoms with E-state index in [2.05, 4.69) is 10.6 Å². The van der Waals surface area contributed by atoms with Gasteiger partial charge in [-0.05, 0) is 31.6 Å². The molecule has 6 nitrogen and oxygen atoms in total. The summed E-state index contributed by atoms with van der Waals surface area (Å²) in [5, 5.41) is 13.8. The molecule has 2 amide bonds. The Morgan fingerprint density at radius 3 is 2.38 bits per heavy atom. The molecule has 0 radical (unpaired) electrons. The van der Waals surface area contributed by atoms with Crippen molar-refractivity contribution < 1.29 is 27.9 Å². The summed E-state index contributed by atoms with van der Waals surface area (Å²) < 4.78 is 39.6. The Labute approximate surface area is 148 Å². The van der Waals surface area contributed by atoms with Crippen molar-refractivity contribution in [1.82, 2.24) is 10.2 Å². The highest BCUT2D eigenvalue weighted by Crippen LogP contribution is 2.33. The van der Waals surface area contributed by atoms with E-state index < -0.39 is 35.1 Å². The number of carbonyl (C=O) groups excluding carboxylic acids is 1. The summed E-state index contributed by atoms with van der Waals surface area (Å²) in [5.41, 5.74) is -0.446. The largest absolute Gasteiger partial charge is 0.480 e. The van der Waals surface area contributed by atoms with Crippen molar-refractivity contribution in [2.24, 2.45) is 5.92 Å². The first-order valence-electron chi connectivity index (χ1n) is 8.49. The van der Waals surface area contributed by atoms with Crippen molar-refractivity contribution in [2.45, 2.75) is 37.8 Å². The molecule has 0 heterocycles. The van der Waals surface area contributed by atoms with Gasteiger partial charge in [-0.25, -0.2) is 18.0 Å². The van der Waals surface area contributed by atoms with Gasteiger partial charge in [-0.1, -0.05) is 0 Å². The molecule has 3 rings (SSSR count). The number of hydrogen-bond donors (Lipinski definition) is 3. The Bertz CT molecular complexity index is 706. The zero-order valence-electron chi connectivity index (χ0n) is 14.0. The third-order valence-electron chi connectivity index (χ3n) is 4.75. The number of rotatable bonds is 7. The zero-order valence-corrected chi connectivity index (χ0v) is 14.0. The number of halogens is 3. The van der Waals surface area contributed by atoms with E-state index in [1.807, 2.05) is 4.90 Å². The van der Waals surface area contributed by atoms with Crippen LogP contribution in [-0.4, -0.2) is 47.2 Å². The number of benzene rings is 1. The smallest absolute Gasteiger partial charge is 0.319 e. The van der Waals surface area contributed by atoms with Gasteiger partial charge < -0.3 is 15.7 Å². The topological polar surface area (TPSA) is 81.7 Å². The van der Waals surface area contributed by atoms with E-state index in [4.69, 9.17) is 5.11 Å². The molecule has 2 aliphatic carbocycles. The number of carboxylic acids is 1. The lowest BCUT2D eigenvalue weighted by Crippen LogP contribution is -2.55. The molecule has 142 valence electrons. The molecule has 26 heavy (non-hydrogen) atoms. The van der Waals surface area contributed by atoms with Gasteiger partial charge in [0.05, 0.1) is 12.2 Å². The molecule has 0 unspecified atom stereocenters. The molecule has 1 aromatic carbocycles. The fourth-order valence-electron chi connectivity index (χ4n) is 3.11. The quantitative estimate of drug-likeness (QED) is 0.644. The summed E-state index contributed by atoms with van der Waals surface area (Å²) in [6, 6.07) is 0.135. The minimum Gasteiger partial charge on any atom is -0.480 e. The number of carbonyl (C=O) groups is 2. The van der Waals surface area contributed by atoms with Gasteiger partial charge in [0.1, 0.15) is 5.82 Å². The molecular formula is C17H20F3N3O3. The number of amides is 2. The van der Waals surface area contributed by atoms with E-state index in [-0.39, 0.29) is 18.6 Å². The van der Waals surface area contributed by atoms with E-state index in [0.29, 0.717) is 30.9 Å². The van der Waals surface area contributed by atoms with Crippen molar-refractivity contribution in [3.05, 3.63) is 29.6 Å². The van der Waals surface area contributed by atoms with Gasteiger partial charge in [-0.3, -0.25) is 9.69 Å². The van der Waals surface area contributed by atoms with Gasteiger partial charge in [-0.2, -0.15) is 0 Å². The van der Waals surface area contributed by atoms with Crippen LogP contribution in [0.15, 0.2) is 12.1 Å². The van der Waals surface area contributed by atoms with Gasteiger partial charge in [0.25, 0.3) is 0 Å². The molecule has 0 aliphatic heterocycles. The maximum atomic E-state index is 13.5. The molecule has 9 heteroatoms. The van der Waals surface area contributed by atoms with Crippen LogP contribution in [0.25, 0.3) is 0 Å². The molecule has 2 aliphatic rings. The van der Waals surface area contributed by atoms with Crippen LogP contribution in [0.1, 0.15) is 25.7 Å². The summed E-state index contributed by atoms with van der Waals surface area (Å²) in [5.74, 6) is -3.98. The number of carboxylic acid groups (broad SMARTS) is 1. The van der Waals surface area contributed by atoms with Crippen LogP contribution in [0.2, 0.25) is 0 Å². The first-order chi connectivity index (χ1) is 12.3. The Morgan fingerprint density at radius 2 is 1.77 bits per heavy atom. The summed E-state index contributed by atoms with van der Waals surface area (Å²) >= 11 is 0. The number of nitrogens with zero attached hydrogens (tertiary/aromatic N) is 1. The summed E-state index contributed by atoms with van der Waals surface area (Å²) in [6.07, 6.45) is 3.42. The minimum absolute atomic E-state index is 0.0276. The predicted octanol–water partition coefficient (Wildman–Crippen LogP) is 2.55. The van der Waals surface area contributed by atoms with Gasteiger partial charge >= 0.3 is 12.0 Å². The fourth-order valence-corrected chi connectivity index (χ4v) is 3.11. The molecule has 2 fully saturated rings. The normalized spacial score (nSPS) is 22.0. The first kappa shape index (κ1) is 18.5. The van der Waals surface area contributed by atoms with Crippen LogP contribution >= 0.6 is 0 Å². The standard InChI is InChI=1S/C17H20F3N3O3/c18-12-5-14(20)15(6-13(12)19)22-17(26)21-10-3-11(4-10)23(8-16(24)25)7-9-1-2-9/h5-6,9-11H,1-4,7-8H2,(H,24,25)(H2,21,22,26). The number of anilines is 1. The van der Waals surface area contributed by atoms with Crippen molar-refractivity contribution in [1.29, 1.82) is 0 Å². The minimum atomic E-state index is -1.33. The lowest BCUT2D eigenvalue weighted by Gasteiger charge is -2.42. The van der Waals surface area contributed by atoms with Crippen LogP contribution in [0, 0.1) is 23.4 Å². The molecule has 0 saturated heterocycles. The molecule has 0 atom stereocenters. The molecule has 0 bridgehead atoms. The number of urea groups is 1. The Kier molecular flexibility index (Phi) is 5.36. The number of hydrogen-bond acceptors (Lipinski definition) is 3. The first-order valence-corrected chi connectivity index (χ1v) is 8.49. The number of nitrogens with one attached hydrogen (secondary N) is 2. The highest BCUT2D eigenvalue weighted by molar-refractivity contribution is 5.89. The third-order valence-corrected chi connectivity index (χ3v) is 4.75. The molecule has 2 saturated carbocycles. The van der Waals surface area contributed by atoms with Crippen LogP contribution in [0.5, 0.6) is 0 Å². The Hall–Kier alpha value is -2.29. The fraction of sp³-hybridized carbons (Fsp3) is 0.529. The van der Waals surface area contributed by atoms with Gasteiger partial charge in [-0.15, -0.1) is 0 Å². The van der Waals surface area contributed by atoms with Crippen LogP contribution in [0.4, 0.5) is 23.7 Å². The molecule has 0 spiro atoms. The highest BCUT2D eigenvalue weighted by atomic mass is 19.2. The monoisotopic (exact) mass is 371 g/mol. The summed E-state index contributed by atoms with van der Waals surface area (Å²) in [7, 11) is 0. The second kappa shape index (κ2) is 7.53. The molecule has 1 aromatic rings. The second-order valence-electron chi connectivity index (χ2n) is 6.93. The predicted molar refractivity (Wildman–Crippen MR) is 87.2 cm³/mol. The summed E-state index contributed by atoms with van der Waals surface area (Å²) in [6.45, 7) is 0.718. The maximum absolute atomic E-state index is 13.5. The maximum Gasteiger partial charge on any atom is 0.319 e. The van der Waals surface area contributed by atoms with Gasteiger partial charge in [0, 0.05) is 30.8 Å². The lowest BCUT2D eigenvalue weighted by molar-refractivity contribution is -0.139. The Balaban J connectivity index is 1.47. The van der Waals surface area contributed by atoms with Crippen LogP contribution in [0.3, 0.4) is 0 Å². The lowest BCUT2D eigenvalue weighted by atomic mass is 9.85. The van der Waals surface area contributed by atoms with Crippen molar-refractivity contribution in [3.63, 3.8) is 0 Å². The Morgan fingerprint density at radius 1 is 1.12 bits per heavy atom. The average Bonchev–Trinajstić information content (AvgIpc) is 3.31. The third kappa shape index (κ3) is 4.66. The molecule has 3 N–H and O–H groups in total. The van der Waals surface area contributed by atoms with Crippen molar-refractivity contribution in [3.8, 4) is 0 Å². The SMILES string of the molecule is O=C(O)CN(CC1CC1)C1CC(NC(=O)Nc2cc(F)c(F)cc2F)C1. The van der Waals surface area contributed by atoms with E-state index >= 15 is 0 Å². The van der Waals surface area contributed by atoms with E-state index in [1.165, 1.54) is 0 Å². The van der Waals surface area contributed by atoms with E-state index in [0.717, 1.165) is 19.4 Å². The van der Waals surface area contributed by atoms with Crippen LogP contribution in [-0.2, 0) is 4.79 Å². The molecular weight excluding hydrogens is 351 g/mol. The molecule has 0 aromatic heterocycles. The zero-order chi connectivity index (χ0) is 18.8. The highest BCUT2D eigenvalue weighted by Gasteiger charge is 2.37. The van der Waals surface area contributed by atoms with E-state index in [1.54, 1.807) is 0 Å². The second-order valence-corrected chi connectivity index (χ2v) is 6.93. The number of aliphatic carboxylic acids is 1.